The zero-order chi connectivity index (χ0) is 25.7. The maximum Gasteiger partial charge on any atom is 0.242 e. The number of ether oxygens (including phenoxy) is 2. The van der Waals surface area contributed by atoms with E-state index in [1.807, 2.05) is 24.3 Å². The normalized spacial score (nSPS) is 19.9. The second-order valence-corrected chi connectivity index (χ2v) is 9.46. The summed E-state index contributed by atoms with van der Waals surface area (Å²) in [5.41, 5.74) is 1.20. The lowest BCUT2D eigenvalue weighted by Gasteiger charge is -2.35. The lowest BCUT2D eigenvalue weighted by atomic mass is 9.84. The summed E-state index contributed by atoms with van der Waals surface area (Å²) in [6.45, 7) is 1.42. The Kier molecular flexibility index (Phi) is 7.76. The number of piperazine rings is 1. The summed E-state index contributed by atoms with van der Waals surface area (Å²) in [5.74, 6) is 0.171. The highest BCUT2D eigenvalue weighted by molar-refractivity contribution is 5.86. The summed E-state index contributed by atoms with van der Waals surface area (Å²) in [5, 5.41) is 3.05. The van der Waals surface area contributed by atoms with Gasteiger partial charge in [-0.1, -0.05) is 18.2 Å². The molecule has 0 spiro atoms. The van der Waals surface area contributed by atoms with E-state index in [0.717, 1.165) is 16.9 Å². The molecule has 0 radical (unpaired) electrons. The van der Waals surface area contributed by atoms with Crippen molar-refractivity contribution in [2.75, 3.05) is 33.9 Å². The number of carbonyl (C=O) groups excluding carboxylic acids is 3. The van der Waals surface area contributed by atoms with Gasteiger partial charge in [-0.05, 0) is 54.7 Å². The number of carbonyl (C=O) groups is 3. The van der Waals surface area contributed by atoms with Gasteiger partial charge in [0.05, 0.1) is 20.8 Å². The smallest absolute Gasteiger partial charge is 0.242 e. The molecule has 0 saturated carbocycles. The van der Waals surface area contributed by atoms with Crippen LogP contribution in [0.2, 0.25) is 0 Å². The Morgan fingerprint density at radius 1 is 1.08 bits per heavy atom. The molecule has 9 heteroatoms. The topological polar surface area (TPSA) is 88.2 Å². The number of nitrogens with zero attached hydrogens (tertiary/aromatic N) is 2. The molecule has 2 saturated heterocycles. The zero-order valence-electron chi connectivity index (χ0n) is 20.7. The Morgan fingerprint density at radius 3 is 2.61 bits per heavy atom. The molecule has 2 aromatic rings. The Bertz CT molecular complexity index is 1140. The van der Waals surface area contributed by atoms with Gasteiger partial charge in [0.1, 0.15) is 5.75 Å². The predicted molar refractivity (Wildman–Crippen MR) is 131 cm³/mol. The van der Waals surface area contributed by atoms with Gasteiger partial charge in [0.15, 0.2) is 11.6 Å². The Hall–Kier alpha value is -3.62. The van der Waals surface area contributed by atoms with Crippen LogP contribution in [0.25, 0.3) is 0 Å². The molecular weight excluding hydrogens is 465 g/mol. The van der Waals surface area contributed by atoms with Gasteiger partial charge >= 0.3 is 0 Å². The van der Waals surface area contributed by atoms with Crippen molar-refractivity contribution in [2.24, 2.45) is 0 Å². The van der Waals surface area contributed by atoms with Gasteiger partial charge in [-0.2, -0.15) is 0 Å². The fourth-order valence-electron chi connectivity index (χ4n) is 4.97. The summed E-state index contributed by atoms with van der Waals surface area (Å²) < 4.78 is 24.2. The Balaban J connectivity index is 1.35. The lowest BCUT2D eigenvalue weighted by Crippen LogP contribution is -2.52. The van der Waals surface area contributed by atoms with Gasteiger partial charge in [-0.25, -0.2) is 4.39 Å². The fraction of sp³-hybridized carbons (Fsp3) is 0.444. The van der Waals surface area contributed by atoms with Crippen molar-refractivity contribution in [2.45, 2.75) is 44.2 Å². The predicted octanol–water partition coefficient (Wildman–Crippen LogP) is 2.69. The summed E-state index contributed by atoms with van der Waals surface area (Å²) in [6, 6.07) is 12.2. The lowest BCUT2D eigenvalue weighted by molar-refractivity contribution is -0.145. The molecule has 2 aromatic carbocycles. The van der Waals surface area contributed by atoms with Gasteiger partial charge in [0.2, 0.25) is 17.7 Å². The van der Waals surface area contributed by atoms with Crippen molar-refractivity contribution >= 4 is 17.7 Å². The van der Waals surface area contributed by atoms with Crippen LogP contribution in [0.3, 0.4) is 0 Å². The third-order valence-electron chi connectivity index (χ3n) is 6.99. The van der Waals surface area contributed by atoms with Crippen LogP contribution in [0, 0.1) is 5.82 Å². The van der Waals surface area contributed by atoms with Crippen molar-refractivity contribution < 1.29 is 28.2 Å². The first-order chi connectivity index (χ1) is 17.3. The summed E-state index contributed by atoms with van der Waals surface area (Å²) in [7, 11) is 3.01. The van der Waals surface area contributed by atoms with Crippen LogP contribution in [0.15, 0.2) is 42.5 Å². The maximum atomic E-state index is 13.8. The van der Waals surface area contributed by atoms with Gasteiger partial charge in [0.25, 0.3) is 0 Å². The minimum absolute atomic E-state index is 0.0390. The van der Waals surface area contributed by atoms with Crippen molar-refractivity contribution in [1.82, 2.24) is 15.1 Å². The first-order valence-corrected chi connectivity index (χ1v) is 12.1. The van der Waals surface area contributed by atoms with E-state index in [4.69, 9.17) is 9.47 Å². The Morgan fingerprint density at radius 2 is 1.92 bits per heavy atom. The van der Waals surface area contributed by atoms with Crippen LogP contribution in [0.5, 0.6) is 11.5 Å². The van der Waals surface area contributed by atoms with E-state index in [1.165, 1.54) is 13.2 Å². The van der Waals surface area contributed by atoms with Crippen LogP contribution in [0.1, 0.15) is 36.8 Å². The summed E-state index contributed by atoms with van der Waals surface area (Å²) >= 11 is 0. The largest absolute Gasteiger partial charge is 0.497 e. The quantitative estimate of drug-likeness (QED) is 0.576. The standard InChI is InChI=1S/C27H32FN3O5/c1-35-21-5-3-4-20(14-21)17-30-12-13-31(18-26(30)34)25(33)9-11-27(10-8-24(32)29-27)16-19-6-7-22(28)23(15-19)36-2/h3-7,14-15H,8-13,16-18H2,1-2H3,(H,29,32). The SMILES string of the molecule is COc1cccc(CN2CCN(C(=O)CCC3(Cc4ccc(F)c(OC)c4)CCC(=O)N3)CC2=O)c1. The molecule has 2 heterocycles. The maximum absolute atomic E-state index is 13.8. The number of nitrogens with one attached hydrogen (secondary N) is 1. The minimum atomic E-state index is -0.590. The zero-order valence-corrected chi connectivity index (χ0v) is 20.7. The molecule has 0 aliphatic carbocycles. The molecule has 192 valence electrons. The van der Waals surface area contributed by atoms with E-state index >= 15 is 0 Å². The molecule has 0 bridgehead atoms. The van der Waals surface area contributed by atoms with E-state index in [9.17, 15) is 18.8 Å². The van der Waals surface area contributed by atoms with Crippen LogP contribution in [0.4, 0.5) is 4.39 Å². The Labute approximate surface area is 210 Å². The van der Waals surface area contributed by atoms with E-state index in [0.29, 0.717) is 45.3 Å². The van der Waals surface area contributed by atoms with Gasteiger partial charge in [0, 0.05) is 38.0 Å². The molecule has 1 atom stereocenters. The first kappa shape index (κ1) is 25.5. The van der Waals surface area contributed by atoms with Gasteiger partial charge in [-0.15, -0.1) is 0 Å². The average molecular weight is 498 g/mol. The molecule has 3 amide bonds. The van der Waals surface area contributed by atoms with Crippen molar-refractivity contribution in [1.29, 1.82) is 0 Å². The third-order valence-corrected chi connectivity index (χ3v) is 6.99. The number of rotatable bonds is 9. The molecule has 2 aliphatic rings. The minimum Gasteiger partial charge on any atom is -0.497 e. The van der Waals surface area contributed by atoms with Crippen LogP contribution in [-0.2, 0) is 27.3 Å². The number of benzene rings is 2. The average Bonchev–Trinajstić information content (AvgIpc) is 3.25. The molecule has 1 unspecified atom stereocenters. The molecule has 4 rings (SSSR count). The fourth-order valence-corrected chi connectivity index (χ4v) is 4.97. The molecule has 0 aromatic heterocycles. The molecule has 36 heavy (non-hydrogen) atoms. The number of hydrogen-bond acceptors (Lipinski definition) is 5. The second-order valence-electron chi connectivity index (χ2n) is 9.46. The monoisotopic (exact) mass is 497 g/mol. The summed E-state index contributed by atoms with van der Waals surface area (Å²) in [6.07, 6.45) is 2.09. The van der Waals surface area contributed by atoms with E-state index < -0.39 is 11.4 Å². The number of methoxy groups -OCH3 is 2. The molecule has 2 aliphatic heterocycles. The van der Waals surface area contributed by atoms with Crippen LogP contribution >= 0.6 is 0 Å². The van der Waals surface area contributed by atoms with Crippen molar-refractivity contribution in [3.05, 3.63) is 59.4 Å². The highest BCUT2D eigenvalue weighted by Crippen LogP contribution is 2.31. The highest BCUT2D eigenvalue weighted by Gasteiger charge is 2.39. The highest BCUT2D eigenvalue weighted by atomic mass is 19.1. The van der Waals surface area contributed by atoms with Crippen molar-refractivity contribution in [3.8, 4) is 11.5 Å². The van der Waals surface area contributed by atoms with E-state index in [1.54, 1.807) is 29.0 Å². The number of amides is 3. The third kappa shape index (κ3) is 5.95. The first-order valence-electron chi connectivity index (χ1n) is 12.1. The molecular formula is C27H32FN3O5. The van der Waals surface area contributed by atoms with Gasteiger partial charge < -0.3 is 24.6 Å². The van der Waals surface area contributed by atoms with E-state index in [-0.39, 0.29) is 36.4 Å². The van der Waals surface area contributed by atoms with Crippen LogP contribution in [-0.4, -0.2) is 66.9 Å². The van der Waals surface area contributed by atoms with Gasteiger partial charge in [-0.3, -0.25) is 14.4 Å². The number of hydrogen-bond donors (Lipinski definition) is 1. The summed E-state index contributed by atoms with van der Waals surface area (Å²) in [4.78, 5) is 41.2. The molecule has 2 fully saturated rings. The number of halogens is 1. The van der Waals surface area contributed by atoms with Crippen LogP contribution < -0.4 is 14.8 Å². The second kappa shape index (κ2) is 11.0. The van der Waals surface area contributed by atoms with E-state index in [2.05, 4.69) is 5.32 Å². The molecule has 8 nitrogen and oxygen atoms in total. The molecule has 1 N–H and O–H groups in total. The van der Waals surface area contributed by atoms with Crippen molar-refractivity contribution in [3.63, 3.8) is 0 Å².